The molecule has 1 N–H and O–H groups in total. The molecule has 0 radical (unpaired) electrons. The van der Waals surface area contributed by atoms with E-state index in [-0.39, 0.29) is 11.8 Å². The Bertz CT molecular complexity index is 807. The van der Waals surface area contributed by atoms with Gasteiger partial charge in [0, 0.05) is 37.6 Å². The lowest BCUT2D eigenvalue weighted by Crippen LogP contribution is -2.36. The quantitative estimate of drug-likeness (QED) is 0.860. The fraction of sp³-hybridized carbons (Fsp3) is 0.429. The molecule has 2 aliphatic rings. The van der Waals surface area contributed by atoms with Crippen molar-refractivity contribution in [2.24, 2.45) is 0 Å². The second kappa shape index (κ2) is 8.13. The van der Waals surface area contributed by atoms with Gasteiger partial charge in [0.2, 0.25) is 0 Å². The van der Waals surface area contributed by atoms with Crippen molar-refractivity contribution in [2.45, 2.75) is 32.1 Å². The SMILES string of the molecule is O=C(Nc1ccc(N2CCCC2)c(C(=O)N2CCCCC2)c1)c1cccs1. The topological polar surface area (TPSA) is 52.7 Å². The lowest BCUT2D eigenvalue weighted by Gasteiger charge is -2.29. The maximum absolute atomic E-state index is 13.2. The molecule has 0 bridgehead atoms. The second-order valence-corrected chi connectivity index (χ2v) is 8.16. The zero-order chi connectivity index (χ0) is 18.6. The number of benzene rings is 1. The maximum Gasteiger partial charge on any atom is 0.265 e. The number of nitrogens with zero attached hydrogens (tertiary/aromatic N) is 2. The van der Waals surface area contributed by atoms with Crippen LogP contribution in [0.2, 0.25) is 0 Å². The van der Waals surface area contributed by atoms with Crippen LogP contribution in [0.3, 0.4) is 0 Å². The van der Waals surface area contributed by atoms with Gasteiger partial charge in [0.15, 0.2) is 0 Å². The molecule has 0 aliphatic carbocycles. The van der Waals surface area contributed by atoms with Crippen molar-refractivity contribution >= 4 is 34.5 Å². The summed E-state index contributed by atoms with van der Waals surface area (Å²) in [5, 5.41) is 4.83. The summed E-state index contributed by atoms with van der Waals surface area (Å²) in [6.07, 6.45) is 5.65. The molecule has 2 fully saturated rings. The zero-order valence-corrected chi connectivity index (χ0v) is 16.3. The summed E-state index contributed by atoms with van der Waals surface area (Å²) < 4.78 is 0. The van der Waals surface area contributed by atoms with Gasteiger partial charge in [-0.05, 0) is 61.7 Å². The van der Waals surface area contributed by atoms with E-state index < -0.39 is 0 Å². The predicted molar refractivity (Wildman–Crippen MR) is 110 cm³/mol. The van der Waals surface area contributed by atoms with Crippen LogP contribution in [0.15, 0.2) is 35.7 Å². The molecule has 2 aromatic rings. The molecule has 0 unspecified atom stereocenters. The lowest BCUT2D eigenvalue weighted by atomic mass is 10.1. The van der Waals surface area contributed by atoms with Crippen LogP contribution in [-0.2, 0) is 0 Å². The molecule has 2 saturated heterocycles. The predicted octanol–water partition coefficient (Wildman–Crippen LogP) is 4.23. The minimum absolute atomic E-state index is 0.0869. The number of piperidine rings is 1. The number of thiophene rings is 1. The first kappa shape index (κ1) is 18.0. The first-order chi connectivity index (χ1) is 13.2. The molecule has 5 nitrogen and oxygen atoms in total. The fourth-order valence-electron chi connectivity index (χ4n) is 3.89. The number of hydrogen-bond donors (Lipinski definition) is 1. The lowest BCUT2D eigenvalue weighted by molar-refractivity contribution is 0.0724. The van der Waals surface area contributed by atoms with Gasteiger partial charge in [-0.15, -0.1) is 11.3 Å². The molecule has 27 heavy (non-hydrogen) atoms. The highest BCUT2D eigenvalue weighted by atomic mass is 32.1. The number of hydrogen-bond acceptors (Lipinski definition) is 4. The van der Waals surface area contributed by atoms with Crippen molar-refractivity contribution in [3.63, 3.8) is 0 Å². The fourth-order valence-corrected chi connectivity index (χ4v) is 4.51. The van der Waals surface area contributed by atoms with Crippen LogP contribution >= 0.6 is 11.3 Å². The van der Waals surface area contributed by atoms with Crippen molar-refractivity contribution < 1.29 is 9.59 Å². The Balaban J connectivity index is 1.62. The van der Waals surface area contributed by atoms with Crippen LogP contribution in [0.4, 0.5) is 11.4 Å². The summed E-state index contributed by atoms with van der Waals surface area (Å²) >= 11 is 1.41. The van der Waals surface area contributed by atoms with Gasteiger partial charge in [0.25, 0.3) is 11.8 Å². The van der Waals surface area contributed by atoms with Gasteiger partial charge in [0.05, 0.1) is 10.4 Å². The smallest absolute Gasteiger partial charge is 0.265 e. The number of amides is 2. The minimum atomic E-state index is -0.129. The number of nitrogens with one attached hydrogen (secondary N) is 1. The van der Waals surface area contributed by atoms with Gasteiger partial charge in [-0.2, -0.15) is 0 Å². The first-order valence-corrected chi connectivity index (χ1v) is 10.6. The molecule has 0 spiro atoms. The number of rotatable bonds is 4. The molecule has 1 aromatic heterocycles. The van der Waals surface area contributed by atoms with Gasteiger partial charge in [-0.3, -0.25) is 9.59 Å². The first-order valence-electron chi connectivity index (χ1n) is 9.75. The number of likely N-dealkylation sites (tertiary alicyclic amines) is 1. The highest BCUT2D eigenvalue weighted by Gasteiger charge is 2.25. The van der Waals surface area contributed by atoms with Crippen LogP contribution in [-0.4, -0.2) is 42.9 Å². The third kappa shape index (κ3) is 4.00. The summed E-state index contributed by atoms with van der Waals surface area (Å²) in [7, 11) is 0. The van der Waals surface area contributed by atoms with Gasteiger partial charge >= 0.3 is 0 Å². The molecule has 0 atom stereocenters. The Morgan fingerprint density at radius 2 is 1.67 bits per heavy atom. The Morgan fingerprint density at radius 1 is 0.926 bits per heavy atom. The summed E-state index contributed by atoms with van der Waals surface area (Å²) in [5.41, 5.74) is 2.39. The van der Waals surface area contributed by atoms with Crippen molar-refractivity contribution in [2.75, 3.05) is 36.4 Å². The Hall–Kier alpha value is -2.34. The Kier molecular flexibility index (Phi) is 5.43. The van der Waals surface area contributed by atoms with Crippen molar-refractivity contribution in [3.8, 4) is 0 Å². The largest absolute Gasteiger partial charge is 0.371 e. The zero-order valence-electron chi connectivity index (χ0n) is 15.4. The molecule has 3 heterocycles. The van der Waals surface area contributed by atoms with Crippen LogP contribution in [0.25, 0.3) is 0 Å². The molecular formula is C21H25N3O2S. The van der Waals surface area contributed by atoms with Gasteiger partial charge < -0.3 is 15.1 Å². The van der Waals surface area contributed by atoms with E-state index in [0.29, 0.717) is 16.1 Å². The van der Waals surface area contributed by atoms with Crippen LogP contribution in [0, 0.1) is 0 Å². The average molecular weight is 384 g/mol. The molecule has 4 rings (SSSR count). The monoisotopic (exact) mass is 383 g/mol. The maximum atomic E-state index is 13.2. The Labute approximate surface area is 164 Å². The third-order valence-corrected chi connectivity index (χ3v) is 6.19. The van der Waals surface area contributed by atoms with E-state index >= 15 is 0 Å². The number of carbonyl (C=O) groups excluding carboxylic acids is 2. The summed E-state index contributed by atoms with van der Waals surface area (Å²) in [4.78, 5) is 30.5. The van der Waals surface area contributed by atoms with E-state index in [9.17, 15) is 9.59 Å². The standard InChI is InChI=1S/C21H25N3O2S/c25-20(19-7-6-14-27-19)22-16-8-9-18(23-10-4-5-11-23)17(15-16)21(26)24-12-2-1-3-13-24/h6-9,14-15H,1-5,10-13H2,(H,22,25). The van der Waals surface area contributed by atoms with Crippen molar-refractivity contribution in [3.05, 3.63) is 46.2 Å². The molecule has 6 heteroatoms. The molecular weight excluding hydrogens is 358 g/mol. The summed E-state index contributed by atoms with van der Waals surface area (Å²) in [6.45, 7) is 3.62. The van der Waals surface area contributed by atoms with E-state index in [2.05, 4.69) is 10.2 Å². The van der Waals surface area contributed by atoms with Gasteiger partial charge in [-0.1, -0.05) is 6.07 Å². The number of anilines is 2. The van der Waals surface area contributed by atoms with Crippen LogP contribution in [0.1, 0.15) is 52.1 Å². The molecule has 2 aliphatic heterocycles. The third-order valence-electron chi connectivity index (χ3n) is 5.32. The van der Waals surface area contributed by atoms with E-state index in [0.717, 1.165) is 57.5 Å². The summed E-state index contributed by atoms with van der Waals surface area (Å²) in [5.74, 6) is -0.0425. The van der Waals surface area contributed by atoms with E-state index in [1.165, 1.54) is 17.8 Å². The Morgan fingerprint density at radius 3 is 2.37 bits per heavy atom. The molecule has 2 amide bonds. The van der Waals surface area contributed by atoms with E-state index in [1.807, 2.05) is 34.5 Å². The van der Waals surface area contributed by atoms with Crippen LogP contribution < -0.4 is 10.2 Å². The molecule has 1 aromatic carbocycles. The molecule has 0 saturated carbocycles. The molecule has 142 valence electrons. The highest BCUT2D eigenvalue weighted by molar-refractivity contribution is 7.12. The normalized spacial score (nSPS) is 17.2. The van der Waals surface area contributed by atoms with E-state index in [4.69, 9.17) is 0 Å². The van der Waals surface area contributed by atoms with Crippen LogP contribution in [0.5, 0.6) is 0 Å². The van der Waals surface area contributed by atoms with E-state index in [1.54, 1.807) is 6.07 Å². The summed E-state index contributed by atoms with van der Waals surface area (Å²) in [6, 6.07) is 9.43. The van der Waals surface area contributed by atoms with Gasteiger partial charge in [0.1, 0.15) is 0 Å². The van der Waals surface area contributed by atoms with Gasteiger partial charge in [-0.25, -0.2) is 0 Å². The second-order valence-electron chi connectivity index (χ2n) is 7.21. The number of carbonyl (C=O) groups is 2. The van der Waals surface area contributed by atoms with Crippen molar-refractivity contribution in [1.29, 1.82) is 0 Å². The van der Waals surface area contributed by atoms with Crippen molar-refractivity contribution in [1.82, 2.24) is 4.90 Å². The minimum Gasteiger partial charge on any atom is -0.371 e. The average Bonchev–Trinajstić information content (AvgIpc) is 3.42. The highest BCUT2D eigenvalue weighted by Crippen LogP contribution is 2.29.